The van der Waals surface area contributed by atoms with Gasteiger partial charge in [0.15, 0.2) is 11.2 Å². The summed E-state index contributed by atoms with van der Waals surface area (Å²) >= 11 is 6.34. The molecule has 0 saturated heterocycles. The molecule has 0 bridgehead atoms. The smallest absolute Gasteiger partial charge is 0.337 e. The lowest BCUT2D eigenvalue weighted by molar-refractivity contribution is 0.414. The van der Waals surface area contributed by atoms with Crippen molar-refractivity contribution in [2.24, 2.45) is 5.92 Å². The summed E-state index contributed by atoms with van der Waals surface area (Å²) in [7, 11) is 1.57. The van der Waals surface area contributed by atoms with Crippen molar-refractivity contribution in [3.05, 3.63) is 86.3 Å². The topological polar surface area (TPSA) is 71.1 Å². The highest BCUT2D eigenvalue weighted by Gasteiger charge is 2.26. The van der Waals surface area contributed by atoms with Crippen LogP contribution in [0, 0.1) is 5.92 Å². The summed E-state index contributed by atoms with van der Waals surface area (Å²) in [5.74, 6) is 0.981. The van der Waals surface area contributed by atoms with Crippen LogP contribution in [0.4, 0.5) is 0 Å². The molecular weight excluding hydrogens is 416 g/mol. The Kier molecular flexibility index (Phi) is 4.90. The van der Waals surface area contributed by atoms with Crippen LogP contribution in [0.25, 0.3) is 16.9 Å². The number of aromatic nitrogens is 4. The van der Waals surface area contributed by atoms with E-state index >= 15 is 0 Å². The monoisotopic (exact) mass is 436 g/mol. The fraction of sp³-hybridized carbons (Fsp3) is 0.261. The first kappa shape index (κ1) is 19.6. The van der Waals surface area contributed by atoms with E-state index in [9.17, 15) is 9.59 Å². The van der Waals surface area contributed by atoms with Gasteiger partial charge in [-0.1, -0.05) is 35.9 Å². The van der Waals surface area contributed by atoms with E-state index in [-0.39, 0.29) is 11.2 Å². The van der Waals surface area contributed by atoms with Crippen molar-refractivity contribution in [3.63, 3.8) is 0 Å². The van der Waals surface area contributed by atoms with Crippen LogP contribution in [-0.2, 0) is 13.1 Å². The average Bonchev–Trinajstić information content (AvgIpc) is 3.51. The van der Waals surface area contributed by atoms with Gasteiger partial charge in [0.05, 0.1) is 25.7 Å². The number of rotatable bonds is 6. The minimum absolute atomic E-state index is 0.322. The summed E-state index contributed by atoms with van der Waals surface area (Å²) in [5, 5.41) is 0.615. The molecule has 1 saturated carbocycles. The molecule has 4 aromatic rings. The van der Waals surface area contributed by atoms with E-state index in [0.29, 0.717) is 46.6 Å². The fourth-order valence-corrected chi connectivity index (χ4v) is 4.01. The van der Waals surface area contributed by atoms with Gasteiger partial charge in [0.2, 0.25) is 0 Å². The summed E-state index contributed by atoms with van der Waals surface area (Å²) in [6.45, 7) is 0.792. The minimum Gasteiger partial charge on any atom is -0.497 e. The Hall–Kier alpha value is -3.32. The highest BCUT2D eigenvalue weighted by atomic mass is 35.5. The first-order chi connectivity index (χ1) is 15.1. The second-order valence-electron chi connectivity index (χ2n) is 7.81. The SMILES string of the molecule is COc1cccc(-n2c(=O)n(CC3CC3)c(=O)c3c2ncn3Cc2ccccc2Cl)c1. The standard InChI is InChI=1S/C23H21ClN4O3/c1-31-18-7-4-6-17(11-18)28-21-20(22(29)27(23(28)30)12-15-9-10-15)26(14-25-21)13-16-5-2-3-8-19(16)24/h2-8,11,14-15H,9-10,12-13H2,1H3. The lowest BCUT2D eigenvalue weighted by atomic mass is 10.2. The molecule has 7 nitrogen and oxygen atoms in total. The second-order valence-corrected chi connectivity index (χ2v) is 8.22. The Morgan fingerprint density at radius 3 is 2.68 bits per heavy atom. The van der Waals surface area contributed by atoms with Gasteiger partial charge >= 0.3 is 5.69 Å². The highest BCUT2D eigenvalue weighted by molar-refractivity contribution is 6.31. The predicted octanol–water partition coefficient (Wildman–Crippen LogP) is 3.47. The zero-order valence-corrected chi connectivity index (χ0v) is 17.7. The number of halogens is 1. The molecule has 5 rings (SSSR count). The Bertz CT molecular complexity index is 1400. The van der Waals surface area contributed by atoms with Gasteiger partial charge in [-0.15, -0.1) is 0 Å². The van der Waals surface area contributed by atoms with Gasteiger partial charge in [0.1, 0.15) is 5.75 Å². The fourth-order valence-electron chi connectivity index (χ4n) is 3.81. The molecule has 1 aliphatic rings. The molecule has 2 aromatic heterocycles. The van der Waals surface area contributed by atoms with Crippen molar-refractivity contribution in [3.8, 4) is 11.4 Å². The molecular formula is C23H21ClN4O3. The zero-order valence-electron chi connectivity index (χ0n) is 17.0. The third-order valence-electron chi connectivity index (χ3n) is 5.65. The van der Waals surface area contributed by atoms with Gasteiger partial charge < -0.3 is 9.30 Å². The Labute approximate surface area is 183 Å². The summed E-state index contributed by atoms with van der Waals surface area (Å²) in [5.41, 5.74) is 1.46. The number of fused-ring (bicyclic) bond motifs is 1. The molecule has 2 aromatic carbocycles. The van der Waals surface area contributed by atoms with Crippen molar-refractivity contribution in [2.75, 3.05) is 7.11 Å². The number of hydrogen-bond acceptors (Lipinski definition) is 4. The number of imidazole rings is 1. The first-order valence-electron chi connectivity index (χ1n) is 10.2. The van der Waals surface area contributed by atoms with E-state index < -0.39 is 0 Å². The molecule has 0 spiro atoms. The van der Waals surface area contributed by atoms with Crippen LogP contribution in [0.15, 0.2) is 64.4 Å². The van der Waals surface area contributed by atoms with Gasteiger partial charge in [-0.25, -0.2) is 14.3 Å². The molecule has 0 atom stereocenters. The van der Waals surface area contributed by atoms with Crippen molar-refractivity contribution in [1.29, 1.82) is 0 Å². The molecule has 0 radical (unpaired) electrons. The van der Waals surface area contributed by atoms with Crippen LogP contribution >= 0.6 is 11.6 Å². The molecule has 0 unspecified atom stereocenters. The number of nitrogens with zero attached hydrogens (tertiary/aromatic N) is 4. The molecule has 1 fully saturated rings. The van der Waals surface area contributed by atoms with Crippen molar-refractivity contribution in [1.82, 2.24) is 18.7 Å². The lowest BCUT2D eigenvalue weighted by Gasteiger charge is -2.13. The number of benzene rings is 2. The van der Waals surface area contributed by atoms with Crippen molar-refractivity contribution < 1.29 is 4.74 Å². The Morgan fingerprint density at radius 1 is 1.13 bits per heavy atom. The Balaban J connectivity index is 1.76. The summed E-state index contributed by atoms with van der Waals surface area (Å²) in [6.07, 6.45) is 3.65. The number of hydrogen-bond donors (Lipinski definition) is 0. The molecule has 1 aliphatic carbocycles. The largest absolute Gasteiger partial charge is 0.497 e. The summed E-state index contributed by atoms with van der Waals surface area (Å²) < 4.78 is 9.92. The molecule has 2 heterocycles. The van der Waals surface area contributed by atoms with Gasteiger partial charge in [-0.05, 0) is 42.5 Å². The molecule has 0 aliphatic heterocycles. The average molecular weight is 437 g/mol. The lowest BCUT2D eigenvalue weighted by Crippen LogP contribution is -2.40. The molecule has 8 heteroatoms. The quantitative estimate of drug-likeness (QED) is 0.464. The second kappa shape index (κ2) is 7.74. The molecule has 31 heavy (non-hydrogen) atoms. The van der Waals surface area contributed by atoms with Crippen LogP contribution in [0.5, 0.6) is 5.75 Å². The van der Waals surface area contributed by atoms with Crippen LogP contribution < -0.4 is 16.0 Å². The van der Waals surface area contributed by atoms with Crippen LogP contribution in [0.3, 0.4) is 0 Å². The van der Waals surface area contributed by atoms with E-state index in [0.717, 1.165) is 18.4 Å². The van der Waals surface area contributed by atoms with Crippen LogP contribution in [-0.4, -0.2) is 25.8 Å². The maximum absolute atomic E-state index is 13.4. The number of ether oxygens (including phenoxy) is 1. The van der Waals surface area contributed by atoms with Crippen molar-refractivity contribution in [2.45, 2.75) is 25.9 Å². The molecule has 158 valence electrons. The van der Waals surface area contributed by atoms with Gasteiger partial charge in [0, 0.05) is 17.6 Å². The maximum atomic E-state index is 13.4. The third-order valence-corrected chi connectivity index (χ3v) is 6.02. The highest BCUT2D eigenvalue weighted by Crippen LogP contribution is 2.30. The van der Waals surface area contributed by atoms with E-state index in [2.05, 4.69) is 4.98 Å². The number of methoxy groups -OCH3 is 1. The molecule has 0 amide bonds. The maximum Gasteiger partial charge on any atom is 0.337 e. The van der Waals surface area contributed by atoms with Crippen LogP contribution in [0.1, 0.15) is 18.4 Å². The van der Waals surface area contributed by atoms with E-state index in [1.807, 2.05) is 42.5 Å². The van der Waals surface area contributed by atoms with Crippen LogP contribution in [0.2, 0.25) is 5.02 Å². The van der Waals surface area contributed by atoms with Gasteiger partial charge in [-0.3, -0.25) is 9.36 Å². The van der Waals surface area contributed by atoms with E-state index in [1.165, 1.54) is 9.13 Å². The summed E-state index contributed by atoms with van der Waals surface area (Å²) in [4.78, 5) is 31.3. The molecule has 0 N–H and O–H groups in total. The third kappa shape index (κ3) is 3.55. The first-order valence-corrected chi connectivity index (χ1v) is 10.5. The zero-order chi connectivity index (χ0) is 21.5. The summed E-state index contributed by atoms with van der Waals surface area (Å²) in [6, 6.07) is 14.7. The van der Waals surface area contributed by atoms with Gasteiger partial charge in [0.25, 0.3) is 5.56 Å². The predicted molar refractivity (Wildman–Crippen MR) is 119 cm³/mol. The van der Waals surface area contributed by atoms with E-state index in [4.69, 9.17) is 16.3 Å². The normalized spacial score (nSPS) is 13.6. The Morgan fingerprint density at radius 2 is 1.94 bits per heavy atom. The van der Waals surface area contributed by atoms with Gasteiger partial charge in [-0.2, -0.15) is 0 Å². The minimum atomic E-state index is -0.388. The van der Waals surface area contributed by atoms with Crippen molar-refractivity contribution >= 4 is 22.8 Å². The van der Waals surface area contributed by atoms with E-state index in [1.54, 1.807) is 24.1 Å².